The van der Waals surface area contributed by atoms with Crippen molar-refractivity contribution in [2.75, 3.05) is 40.9 Å². The summed E-state index contributed by atoms with van der Waals surface area (Å²) in [6, 6.07) is -0.790. The predicted molar refractivity (Wildman–Crippen MR) is 196 cm³/mol. The van der Waals surface area contributed by atoms with Crippen LogP contribution in [0.4, 0.5) is 0 Å². The van der Waals surface area contributed by atoms with Gasteiger partial charge in [-0.1, -0.05) is 168 Å². The lowest BCUT2D eigenvalue weighted by Gasteiger charge is -2.30. The molecule has 0 rings (SSSR count). The first-order valence-corrected chi connectivity index (χ1v) is 21.3. The van der Waals surface area contributed by atoms with Crippen LogP contribution in [0.25, 0.3) is 0 Å². The number of phosphoric ester groups is 1. The van der Waals surface area contributed by atoms with E-state index >= 15 is 0 Å². The Morgan fingerprint density at radius 2 is 1.04 bits per heavy atom. The number of amides is 1. The van der Waals surface area contributed by atoms with Crippen molar-refractivity contribution in [3.8, 4) is 0 Å². The standard InChI is InChI=1S/C38H79N2O6P/c1-6-8-10-12-14-16-18-19-20-22-24-26-28-30-32-38(42)39-36(35-46-47(43,44)45-34-33-40(3,4)5)37(41)31-29-27-25-23-21-17-15-13-11-9-7-2/h36-37,41H,6-35H2,1-5H3,(H-,39,42,43,44). The Morgan fingerprint density at radius 1 is 0.660 bits per heavy atom. The molecule has 47 heavy (non-hydrogen) atoms. The molecule has 0 saturated heterocycles. The summed E-state index contributed by atoms with van der Waals surface area (Å²) in [5.74, 6) is -0.165. The Balaban J connectivity index is 4.41. The molecule has 0 aromatic rings. The fourth-order valence-corrected chi connectivity index (χ4v) is 6.59. The maximum atomic E-state index is 12.8. The molecule has 0 aliphatic carbocycles. The van der Waals surface area contributed by atoms with Gasteiger partial charge in [-0.15, -0.1) is 0 Å². The maximum absolute atomic E-state index is 12.8. The summed E-state index contributed by atoms with van der Waals surface area (Å²) in [4.78, 5) is 25.2. The molecule has 0 aliphatic rings. The van der Waals surface area contributed by atoms with Gasteiger partial charge in [-0.25, -0.2) is 0 Å². The SMILES string of the molecule is CCCCCCCCCCCCCCCCC(=O)NC(COP(=O)([O-])OCC[N+](C)(C)C)C(O)CCCCCCCCCCCCC. The molecule has 0 aliphatic heterocycles. The molecule has 0 radical (unpaired) electrons. The van der Waals surface area contributed by atoms with E-state index in [0.29, 0.717) is 23.9 Å². The molecule has 0 heterocycles. The summed E-state index contributed by atoms with van der Waals surface area (Å²) in [6.45, 7) is 4.71. The van der Waals surface area contributed by atoms with Crippen molar-refractivity contribution in [2.45, 2.75) is 199 Å². The van der Waals surface area contributed by atoms with Gasteiger partial charge in [0.25, 0.3) is 7.82 Å². The van der Waals surface area contributed by atoms with E-state index in [1.54, 1.807) is 0 Å². The lowest BCUT2D eigenvalue weighted by molar-refractivity contribution is -0.870. The number of carbonyl (C=O) groups is 1. The number of aliphatic hydroxyl groups excluding tert-OH is 1. The van der Waals surface area contributed by atoms with Gasteiger partial charge in [-0.2, -0.15) is 0 Å². The molecule has 1 amide bonds. The van der Waals surface area contributed by atoms with Crippen LogP contribution in [-0.4, -0.2) is 68.5 Å². The summed E-state index contributed by atoms with van der Waals surface area (Å²) < 4.78 is 23.2. The first kappa shape index (κ1) is 46.5. The van der Waals surface area contributed by atoms with Gasteiger partial charge < -0.3 is 28.8 Å². The van der Waals surface area contributed by atoms with Gasteiger partial charge in [0.1, 0.15) is 13.2 Å². The number of hydrogen-bond acceptors (Lipinski definition) is 6. The summed E-state index contributed by atoms with van der Waals surface area (Å²) in [5.41, 5.74) is 0. The number of rotatable bonds is 36. The Labute approximate surface area is 291 Å². The van der Waals surface area contributed by atoms with Crippen LogP contribution in [0.15, 0.2) is 0 Å². The van der Waals surface area contributed by atoms with E-state index in [9.17, 15) is 19.4 Å². The zero-order valence-corrected chi connectivity index (χ0v) is 32.6. The largest absolute Gasteiger partial charge is 0.756 e. The van der Waals surface area contributed by atoms with Crippen LogP contribution in [0.2, 0.25) is 0 Å². The molecule has 0 bridgehead atoms. The van der Waals surface area contributed by atoms with Crippen LogP contribution in [0.3, 0.4) is 0 Å². The van der Waals surface area contributed by atoms with Gasteiger partial charge >= 0.3 is 0 Å². The molecule has 0 saturated carbocycles. The molecular formula is C38H79N2O6P. The van der Waals surface area contributed by atoms with E-state index < -0.39 is 20.0 Å². The summed E-state index contributed by atoms with van der Waals surface area (Å²) in [6.07, 6.45) is 30.9. The van der Waals surface area contributed by atoms with E-state index in [-0.39, 0.29) is 19.1 Å². The second-order valence-electron chi connectivity index (χ2n) is 15.0. The second kappa shape index (κ2) is 31.5. The third-order valence-electron chi connectivity index (χ3n) is 9.10. The highest BCUT2D eigenvalue weighted by atomic mass is 31.2. The summed E-state index contributed by atoms with van der Waals surface area (Å²) in [7, 11) is 1.31. The fraction of sp³-hybridized carbons (Fsp3) is 0.974. The van der Waals surface area contributed by atoms with E-state index in [1.807, 2.05) is 21.1 Å². The zero-order chi connectivity index (χ0) is 35.1. The molecule has 3 unspecified atom stereocenters. The van der Waals surface area contributed by atoms with Crippen LogP contribution < -0.4 is 10.2 Å². The van der Waals surface area contributed by atoms with Gasteiger partial charge in [-0.3, -0.25) is 9.36 Å². The average Bonchev–Trinajstić information content (AvgIpc) is 3.01. The minimum absolute atomic E-state index is 0.0156. The Morgan fingerprint density at radius 3 is 1.45 bits per heavy atom. The van der Waals surface area contributed by atoms with E-state index in [4.69, 9.17) is 9.05 Å². The first-order valence-electron chi connectivity index (χ1n) is 19.9. The Bertz CT molecular complexity index is 748. The molecular weight excluding hydrogens is 611 g/mol. The number of hydrogen-bond donors (Lipinski definition) is 2. The number of unbranched alkanes of at least 4 members (excludes halogenated alkanes) is 23. The number of nitrogens with zero attached hydrogens (tertiary/aromatic N) is 1. The van der Waals surface area contributed by atoms with Gasteiger partial charge in [0.2, 0.25) is 5.91 Å². The molecule has 3 atom stereocenters. The topological polar surface area (TPSA) is 108 Å². The molecule has 9 heteroatoms. The van der Waals surface area contributed by atoms with Crippen LogP contribution >= 0.6 is 7.82 Å². The number of phosphoric acid groups is 1. The van der Waals surface area contributed by atoms with Gasteiger partial charge in [0.15, 0.2) is 0 Å². The second-order valence-corrected chi connectivity index (χ2v) is 16.4. The van der Waals surface area contributed by atoms with Crippen molar-refractivity contribution in [2.24, 2.45) is 0 Å². The Hall–Kier alpha value is -0.500. The monoisotopic (exact) mass is 691 g/mol. The van der Waals surface area contributed by atoms with Crippen LogP contribution in [0, 0.1) is 0 Å². The molecule has 0 aromatic carbocycles. The number of aliphatic hydroxyl groups is 1. The Kier molecular flexibility index (Phi) is 31.1. The number of quaternary nitrogens is 1. The van der Waals surface area contributed by atoms with Crippen molar-refractivity contribution in [3.63, 3.8) is 0 Å². The highest BCUT2D eigenvalue weighted by Crippen LogP contribution is 2.38. The van der Waals surface area contributed by atoms with Crippen molar-refractivity contribution in [1.82, 2.24) is 5.32 Å². The summed E-state index contributed by atoms with van der Waals surface area (Å²) in [5, 5.41) is 13.8. The molecule has 0 aromatic heterocycles. The third kappa shape index (κ3) is 33.8. The van der Waals surface area contributed by atoms with Crippen molar-refractivity contribution in [3.05, 3.63) is 0 Å². The first-order chi connectivity index (χ1) is 22.5. The third-order valence-corrected chi connectivity index (χ3v) is 10.1. The minimum atomic E-state index is -4.55. The average molecular weight is 691 g/mol. The van der Waals surface area contributed by atoms with Crippen LogP contribution in [-0.2, 0) is 18.4 Å². The van der Waals surface area contributed by atoms with Crippen molar-refractivity contribution < 1.29 is 32.9 Å². The van der Waals surface area contributed by atoms with Crippen LogP contribution in [0.1, 0.15) is 187 Å². The summed E-state index contributed by atoms with van der Waals surface area (Å²) >= 11 is 0. The van der Waals surface area contributed by atoms with E-state index in [1.165, 1.54) is 122 Å². The number of carbonyl (C=O) groups excluding carboxylic acids is 1. The van der Waals surface area contributed by atoms with Crippen molar-refractivity contribution >= 4 is 13.7 Å². The number of nitrogens with one attached hydrogen (secondary N) is 1. The normalized spacial score (nSPS) is 14.6. The molecule has 2 N–H and O–H groups in total. The zero-order valence-electron chi connectivity index (χ0n) is 31.8. The van der Waals surface area contributed by atoms with Crippen molar-refractivity contribution in [1.29, 1.82) is 0 Å². The highest BCUT2D eigenvalue weighted by molar-refractivity contribution is 7.45. The van der Waals surface area contributed by atoms with E-state index in [0.717, 1.165) is 38.5 Å². The number of likely N-dealkylation sites (N-methyl/N-ethyl adjacent to an activating group) is 1. The molecule has 282 valence electrons. The van der Waals surface area contributed by atoms with Gasteiger partial charge in [0, 0.05) is 6.42 Å². The predicted octanol–water partition coefficient (Wildman–Crippen LogP) is 9.61. The molecule has 0 fully saturated rings. The molecule has 0 spiro atoms. The minimum Gasteiger partial charge on any atom is -0.756 e. The lowest BCUT2D eigenvalue weighted by Crippen LogP contribution is -2.46. The maximum Gasteiger partial charge on any atom is 0.268 e. The molecule has 8 nitrogen and oxygen atoms in total. The van der Waals surface area contributed by atoms with Gasteiger partial charge in [-0.05, 0) is 12.8 Å². The highest BCUT2D eigenvalue weighted by Gasteiger charge is 2.24. The van der Waals surface area contributed by atoms with E-state index in [2.05, 4.69) is 19.2 Å². The van der Waals surface area contributed by atoms with Gasteiger partial charge in [0.05, 0.1) is 39.9 Å². The quantitative estimate of drug-likeness (QED) is 0.0385. The smallest absolute Gasteiger partial charge is 0.268 e. The lowest BCUT2D eigenvalue weighted by atomic mass is 10.0. The fourth-order valence-electron chi connectivity index (χ4n) is 5.86. The van der Waals surface area contributed by atoms with Crippen LogP contribution in [0.5, 0.6) is 0 Å².